The van der Waals surface area contributed by atoms with Crippen LogP contribution in [0.25, 0.3) is 0 Å². The Kier molecular flexibility index (Phi) is 6.68. The molecule has 0 aromatic heterocycles. The Balaban J connectivity index is 3.12. The van der Waals surface area contributed by atoms with Gasteiger partial charge in [-0.15, -0.1) is 0 Å². The summed E-state index contributed by atoms with van der Waals surface area (Å²) in [4.78, 5) is 15.8. The van der Waals surface area contributed by atoms with Gasteiger partial charge in [0.05, 0.1) is 18.5 Å². The molecule has 0 heterocycles. The number of rotatable bonds is 7. The smallest absolute Gasteiger partial charge is 0.326 e. The Morgan fingerprint density at radius 1 is 1.48 bits per heavy atom. The zero-order valence-electron chi connectivity index (χ0n) is 13.2. The minimum atomic E-state index is -0.895. The lowest BCUT2D eigenvalue weighted by Gasteiger charge is -2.30. The van der Waals surface area contributed by atoms with Crippen molar-refractivity contribution in [2.75, 3.05) is 20.3 Å². The minimum absolute atomic E-state index is 0.0401. The molecule has 1 aliphatic rings. The molecule has 6 heteroatoms. The quantitative estimate of drug-likeness (QED) is 0.661. The topological polar surface area (TPSA) is 91.2 Å². The molecule has 1 rings (SSSR count). The Labute approximate surface area is 125 Å². The number of aliphatic imine (C=N–C) groups is 1. The van der Waals surface area contributed by atoms with Crippen molar-refractivity contribution in [2.24, 2.45) is 16.8 Å². The summed E-state index contributed by atoms with van der Waals surface area (Å²) in [5, 5.41) is 21.8. The van der Waals surface area contributed by atoms with Crippen molar-refractivity contribution in [1.29, 1.82) is 0 Å². The van der Waals surface area contributed by atoms with Gasteiger partial charge in [-0.3, -0.25) is 4.99 Å². The van der Waals surface area contributed by atoms with Crippen LogP contribution >= 0.6 is 0 Å². The number of carbonyl (C=O) groups is 1. The van der Waals surface area contributed by atoms with Crippen LogP contribution in [0, 0.1) is 11.8 Å². The molecule has 6 nitrogen and oxygen atoms in total. The van der Waals surface area contributed by atoms with Crippen LogP contribution in [0.2, 0.25) is 0 Å². The second-order valence-electron chi connectivity index (χ2n) is 5.59. The molecular formula is C15H26N2O4. The number of aliphatic carboxylic acids is 1. The van der Waals surface area contributed by atoms with Crippen LogP contribution in [0.1, 0.15) is 33.6 Å². The molecule has 120 valence electrons. The molecule has 0 radical (unpaired) electrons. The Hall–Kier alpha value is -1.56. The van der Waals surface area contributed by atoms with Gasteiger partial charge in [-0.05, 0) is 31.6 Å². The van der Waals surface area contributed by atoms with Gasteiger partial charge in [-0.25, -0.2) is 4.79 Å². The normalized spacial score (nSPS) is 22.6. The van der Waals surface area contributed by atoms with E-state index < -0.39 is 12.0 Å². The monoisotopic (exact) mass is 298 g/mol. The number of nitrogens with one attached hydrogen (secondary N) is 1. The molecule has 1 aliphatic carbocycles. The fourth-order valence-corrected chi connectivity index (χ4v) is 2.52. The summed E-state index contributed by atoms with van der Waals surface area (Å²) in [7, 11) is 1.56. The molecule has 0 bridgehead atoms. The van der Waals surface area contributed by atoms with E-state index >= 15 is 0 Å². The van der Waals surface area contributed by atoms with Gasteiger partial charge in [0.25, 0.3) is 0 Å². The number of nitrogens with zero attached hydrogens (tertiary/aromatic N) is 1. The number of ether oxygens (including phenoxy) is 1. The maximum absolute atomic E-state index is 11.4. The molecule has 0 saturated carbocycles. The number of carboxylic acid groups (broad SMARTS) is 1. The van der Waals surface area contributed by atoms with Gasteiger partial charge in [0.1, 0.15) is 6.04 Å². The fraction of sp³-hybridized carbons (Fsp3) is 0.733. The highest BCUT2D eigenvalue weighted by Gasteiger charge is 2.30. The highest BCUT2D eigenvalue weighted by atomic mass is 16.5. The molecule has 0 fully saturated rings. The van der Waals surface area contributed by atoms with Crippen LogP contribution in [-0.4, -0.2) is 48.2 Å². The highest BCUT2D eigenvalue weighted by molar-refractivity contribution is 6.00. The third kappa shape index (κ3) is 4.46. The van der Waals surface area contributed by atoms with Crippen molar-refractivity contribution in [2.45, 2.75) is 39.7 Å². The van der Waals surface area contributed by atoms with Gasteiger partial charge in [0, 0.05) is 13.2 Å². The van der Waals surface area contributed by atoms with E-state index in [0.717, 1.165) is 11.4 Å². The lowest BCUT2D eigenvalue weighted by molar-refractivity contribution is -0.140. The summed E-state index contributed by atoms with van der Waals surface area (Å²) in [6.07, 6.45) is 1.22. The number of aliphatic hydroxyl groups is 1. The number of hydrogen-bond acceptors (Lipinski definition) is 5. The SMILES string of the molecule is CCN=C1CC(CO)CC(NC(C(=O)O)C(C)C)=C1OC. The predicted molar refractivity (Wildman–Crippen MR) is 81.2 cm³/mol. The molecule has 0 saturated heterocycles. The second-order valence-corrected chi connectivity index (χ2v) is 5.59. The molecule has 2 unspecified atom stereocenters. The van der Waals surface area contributed by atoms with E-state index in [-0.39, 0.29) is 18.4 Å². The zero-order valence-corrected chi connectivity index (χ0v) is 13.2. The van der Waals surface area contributed by atoms with Crippen molar-refractivity contribution < 1.29 is 19.7 Å². The molecule has 2 atom stereocenters. The number of allylic oxidation sites excluding steroid dienone is 2. The van der Waals surface area contributed by atoms with Crippen LogP contribution in [0.15, 0.2) is 16.4 Å². The molecule has 0 aromatic rings. The van der Waals surface area contributed by atoms with Crippen LogP contribution in [0.3, 0.4) is 0 Å². The zero-order chi connectivity index (χ0) is 16.0. The van der Waals surface area contributed by atoms with Crippen LogP contribution in [-0.2, 0) is 9.53 Å². The van der Waals surface area contributed by atoms with Gasteiger partial charge in [0.2, 0.25) is 0 Å². The van der Waals surface area contributed by atoms with E-state index in [1.807, 2.05) is 20.8 Å². The molecule has 3 N–H and O–H groups in total. The Bertz CT molecular complexity index is 429. The predicted octanol–water partition coefficient (Wildman–Crippen LogP) is 1.41. The maximum Gasteiger partial charge on any atom is 0.326 e. The van der Waals surface area contributed by atoms with E-state index in [0.29, 0.717) is 25.1 Å². The Morgan fingerprint density at radius 2 is 2.14 bits per heavy atom. The summed E-state index contributed by atoms with van der Waals surface area (Å²) < 4.78 is 5.43. The van der Waals surface area contributed by atoms with Gasteiger partial charge in [-0.2, -0.15) is 0 Å². The number of methoxy groups -OCH3 is 1. The standard InChI is InChI=1S/C15H26N2O4/c1-5-16-11-6-10(8-18)7-12(14(11)21-4)17-13(9(2)3)15(19)20/h9-10,13,17-18H,5-8H2,1-4H3,(H,19,20). The highest BCUT2D eigenvalue weighted by Crippen LogP contribution is 2.27. The Morgan fingerprint density at radius 3 is 2.57 bits per heavy atom. The number of carboxylic acids is 1. The average molecular weight is 298 g/mol. The molecule has 0 aromatic carbocycles. The third-order valence-corrected chi connectivity index (χ3v) is 3.58. The first-order valence-corrected chi connectivity index (χ1v) is 7.35. The molecule has 0 aliphatic heterocycles. The molecule has 0 amide bonds. The van der Waals surface area contributed by atoms with Crippen molar-refractivity contribution in [3.63, 3.8) is 0 Å². The first kappa shape index (κ1) is 17.5. The van der Waals surface area contributed by atoms with Crippen molar-refractivity contribution in [1.82, 2.24) is 5.32 Å². The van der Waals surface area contributed by atoms with Gasteiger partial charge >= 0.3 is 5.97 Å². The first-order valence-electron chi connectivity index (χ1n) is 7.35. The summed E-state index contributed by atoms with van der Waals surface area (Å²) in [5.41, 5.74) is 1.51. The van der Waals surface area contributed by atoms with E-state index in [1.54, 1.807) is 7.11 Å². The van der Waals surface area contributed by atoms with Crippen LogP contribution < -0.4 is 5.32 Å². The van der Waals surface area contributed by atoms with Crippen molar-refractivity contribution >= 4 is 11.7 Å². The summed E-state index contributed by atoms with van der Waals surface area (Å²) in [6.45, 7) is 6.31. The fourth-order valence-electron chi connectivity index (χ4n) is 2.52. The average Bonchev–Trinajstić information content (AvgIpc) is 2.43. The van der Waals surface area contributed by atoms with Crippen molar-refractivity contribution in [3.05, 3.63) is 11.5 Å². The van der Waals surface area contributed by atoms with E-state index in [9.17, 15) is 15.0 Å². The van der Waals surface area contributed by atoms with Gasteiger partial charge in [0.15, 0.2) is 5.76 Å². The number of aliphatic hydroxyl groups excluding tert-OH is 1. The second kappa shape index (κ2) is 8.02. The summed E-state index contributed by atoms with van der Waals surface area (Å²) >= 11 is 0. The van der Waals surface area contributed by atoms with Gasteiger partial charge in [-0.1, -0.05) is 13.8 Å². The van der Waals surface area contributed by atoms with Crippen LogP contribution in [0.5, 0.6) is 0 Å². The van der Waals surface area contributed by atoms with E-state index in [2.05, 4.69) is 10.3 Å². The summed E-state index contributed by atoms with van der Waals surface area (Å²) in [6, 6.07) is -0.689. The number of hydrogen-bond donors (Lipinski definition) is 3. The first-order chi connectivity index (χ1) is 9.94. The molecule has 21 heavy (non-hydrogen) atoms. The lowest BCUT2D eigenvalue weighted by Crippen LogP contribution is -2.43. The molecule has 0 spiro atoms. The largest absolute Gasteiger partial charge is 0.493 e. The van der Waals surface area contributed by atoms with E-state index in [1.165, 1.54) is 0 Å². The van der Waals surface area contributed by atoms with Crippen molar-refractivity contribution in [3.8, 4) is 0 Å². The third-order valence-electron chi connectivity index (χ3n) is 3.58. The maximum atomic E-state index is 11.4. The molecular weight excluding hydrogens is 272 g/mol. The van der Waals surface area contributed by atoms with Crippen LogP contribution in [0.4, 0.5) is 0 Å². The summed E-state index contributed by atoms with van der Waals surface area (Å²) in [5.74, 6) is -0.297. The minimum Gasteiger partial charge on any atom is -0.493 e. The lowest BCUT2D eigenvalue weighted by atomic mass is 9.89. The van der Waals surface area contributed by atoms with Gasteiger partial charge < -0.3 is 20.3 Å². The van der Waals surface area contributed by atoms with E-state index in [4.69, 9.17) is 4.74 Å².